The second-order valence-corrected chi connectivity index (χ2v) is 5.63. The first kappa shape index (κ1) is 11.9. The number of hydrogen-bond donors (Lipinski definition) is 2. The quantitative estimate of drug-likeness (QED) is 0.614. The monoisotopic (exact) mass is 221 g/mol. The van der Waals surface area contributed by atoms with E-state index in [9.17, 15) is 8.42 Å². The summed E-state index contributed by atoms with van der Waals surface area (Å²) in [6, 6.07) is 0.552. The minimum atomic E-state index is -3.04. The van der Waals surface area contributed by atoms with Crippen molar-refractivity contribution in [3.63, 3.8) is 0 Å². The molecule has 1 heterocycles. The highest BCUT2D eigenvalue weighted by atomic mass is 32.2. The number of sulfonamides is 1. The lowest BCUT2D eigenvalue weighted by molar-refractivity contribution is 0.261. The summed E-state index contributed by atoms with van der Waals surface area (Å²) >= 11 is 0. The summed E-state index contributed by atoms with van der Waals surface area (Å²) in [4.78, 5) is 2.19. The van der Waals surface area contributed by atoms with Crippen LogP contribution in [0.4, 0.5) is 0 Å². The van der Waals surface area contributed by atoms with Crippen molar-refractivity contribution >= 4 is 10.0 Å². The Bertz CT molecular complexity index is 260. The Hall–Kier alpha value is -0.170. The number of hydrogen-bond acceptors (Lipinski definition) is 4. The molecule has 0 radical (unpaired) electrons. The average molecular weight is 221 g/mol. The van der Waals surface area contributed by atoms with E-state index >= 15 is 0 Å². The first-order chi connectivity index (χ1) is 6.49. The highest BCUT2D eigenvalue weighted by molar-refractivity contribution is 7.88. The molecule has 1 atom stereocenters. The maximum Gasteiger partial charge on any atom is 0.208 e. The van der Waals surface area contributed by atoms with Crippen LogP contribution in [0.3, 0.4) is 0 Å². The molecule has 1 saturated heterocycles. The predicted octanol–water partition coefficient (Wildman–Crippen LogP) is -1.17. The van der Waals surface area contributed by atoms with E-state index in [-0.39, 0.29) is 0 Å². The van der Waals surface area contributed by atoms with Gasteiger partial charge in [-0.05, 0) is 20.0 Å². The number of nitrogens with zero attached hydrogens (tertiary/aromatic N) is 1. The van der Waals surface area contributed by atoms with Crippen molar-refractivity contribution in [3.8, 4) is 0 Å². The Morgan fingerprint density at radius 1 is 1.57 bits per heavy atom. The molecule has 5 nitrogen and oxygen atoms in total. The third-order valence-corrected chi connectivity index (χ3v) is 3.21. The fourth-order valence-electron chi connectivity index (χ4n) is 1.61. The topological polar surface area (TPSA) is 61.4 Å². The molecule has 0 bridgehead atoms. The fraction of sp³-hybridized carbons (Fsp3) is 1.00. The van der Waals surface area contributed by atoms with E-state index in [1.165, 1.54) is 6.26 Å². The van der Waals surface area contributed by atoms with Crippen LogP contribution >= 0.6 is 0 Å². The largest absolute Gasteiger partial charge is 0.315 e. The van der Waals surface area contributed by atoms with E-state index < -0.39 is 10.0 Å². The van der Waals surface area contributed by atoms with Gasteiger partial charge in [0.25, 0.3) is 0 Å². The molecule has 0 aromatic carbocycles. The van der Waals surface area contributed by atoms with Crippen LogP contribution in [0.15, 0.2) is 0 Å². The number of nitrogens with one attached hydrogen (secondary N) is 2. The number of likely N-dealkylation sites (N-methyl/N-ethyl adjacent to an activating group) is 1. The lowest BCUT2D eigenvalue weighted by Crippen LogP contribution is -2.39. The van der Waals surface area contributed by atoms with Gasteiger partial charge in [-0.15, -0.1) is 0 Å². The van der Waals surface area contributed by atoms with Crippen LogP contribution in [-0.2, 0) is 10.0 Å². The van der Waals surface area contributed by atoms with Crippen LogP contribution < -0.4 is 10.0 Å². The molecule has 0 amide bonds. The van der Waals surface area contributed by atoms with Gasteiger partial charge < -0.3 is 10.2 Å². The van der Waals surface area contributed by atoms with Crippen LogP contribution in [0.1, 0.15) is 6.42 Å². The summed E-state index contributed by atoms with van der Waals surface area (Å²) in [5, 5.41) is 3.28. The molecule has 1 aliphatic rings. The van der Waals surface area contributed by atoms with Crippen LogP contribution in [0, 0.1) is 0 Å². The van der Waals surface area contributed by atoms with E-state index in [1.807, 2.05) is 7.05 Å². The third-order valence-electron chi connectivity index (χ3n) is 2.49. The average Bonchev–Trinajstić information content (AvgIpc) is 2.53. The summed E-state index contributed by atoms with van der Waals surface area (Å²) in [6.45, 7) is 3.33. The molecular weight excluding hydrogens is 202 g/mol. The molecule has 1 unspecified atom stereocenters. The highest BCUT2D eigenvalue weighted by Crippen LogP contribution is 2.04. The summed E-state index contributed by atoms with van der Waals surface area (Å²) in [5.41, 5.74) is 0. The Balaban J connectivity index is 2.17. The Morgan fingerprint density at radius 2 is 2.29 bits per heavy atom. The van der Waals surface area contributed by atoms with Gasteiger partial charge in [-0.1, -0.05) is 0 Å². The van der Waals surface area contributed by atoms with Crippen LogP contribution in [0.25, 0.3) is 0 Å². The maximum atomic E-state index is 10.8. The number of rotatable bonds is 5. The molecule has 0 aliphatic carbocycles. The minimum Gasteiger partial charge on any atom is -0.315 e. The van der Waals surface area contributed by atoms with Gasteiger partial charge >= 0.3 is 0 Å². The maximum absolute atomic E-state index is 10.8. The van der Waals surface area contributed by atoms with Gasteiger partial charge in [0.1, 0.15) is 0 Å². The SMILES string of the molecule is CN(CCNS(C)(=O)=O)C1CCNC1. The molecule has 84 valence electrons. The van der Waals surface area contributed by atoms with Gasteiger partial charge in [0.2, 0.25) is 10.0 Å². The molecule has 1 aliphatic heterocycles. The van der Waals surface area contributed by atoms with Gasteiger partial charge in [-0.25, -0.2) is 13.1 Å². The van der Waals surface area contributed by atoms with Crippen molar-refractivity contribution in [2.24, 2.45) is 0 Å². The molecule has 14 heavy (non-hydrogen) atoms. The van der Waals surface area contributed by atoms with Gasteiger partial charge in [0.15, 0.2) is 0 Å². The predicted molar refractivity (Wildman–Crippen MR) is 56.8 cm³/mol. The minimum absolute atomic E-state index is 0.492. The third kappa shape index (κ3) is 4.36. The van der Waals surface area contributed by atoms with Crippen molar-refractivity contribution in [1.82, 2.24) is 14.9 Å². The Kier molecular flexibility index (Phi) is 4.31. The first-order valence-electron chi connectivity index (χ1n) is 4.84. The summed E-state index contributed by atoms with van der Waals surface area (Å²) < 4.78 is 24.1. The van der Waals surface area contributed by atoms with Crippen molar-refractivity contribution in [1.29, 1.82) is 0 Å². The lowest BCUT2D eigenvalue weighted by Gasteiger charge is -2.23. The van der Waals surface area contributed by atoms with E-state index in [1.54, 1.807) is 0 Å². The van der Waals surface area contributed by atoms with E-state index in [0.717, 1.165) is 26.1 Å². The lowest BCUT2D eigenvalue weighted by atomic mass is 10.2. The van der Waals surface area contributed by atoms with E-state index in [0.29, 0.717) is 12.6 Å². The van der Waals surface area contributed by atoms with Crippen LogP contribution in [-0.4, -0.2) is 58.8 Å². The van der Waals surface area contributed by atoms with E-state index in [2.05, 4.69) is 14.9 Å². The Labute approximate surface area is 85.9 Å². The van der Waals surface area contributed by atoms with Crippen molar-refractivity contribution in [3.05, 3.63) is 0 Å². The second kappa shape index (κ2) is 5.06. The van der Waals surface area contributed by atoms with Crippen molar-refractivity contribution < 1.29 is 8.42 Å². The molecular formula is C8H19N3O2S. The molecule has 0 spiro atoms. The van der Waals surface area contributed by atoms with Crippen molar-refractivity contribution in [2.75, 3.05) is 39.5 Å². The molecule has 0 saturated carbocycles. The molecule has 1 rings (SSSR count). The van der Waals surface area contributed by atoms with E-state index in [4.69, 9.17) is 0 Å². The van der Waals surface area contributed by atoms with Gasteiger partial charge in [0, 0.05) is 25.7 Å². The highest BCUT2D eigenvalue weighted by Gasteiger charge is 2.18. The summed E-state index contributed by atoms with van der Waals surface area (Å²) in [6.07, 6.45) is 2.33. The van der Waals surface area contributed by atoms with Crippen LogP contribution in [0.5, 0.6) is 0 Å². The zero-order valence-corrected chi connectivity index (χ0v) is 9.60. The molecule has 0 aromatic heterocycles. The van der Waals surface area contributed by atoms with Gasteiger partial charge in [0.05, 0.1) is 6.26 Å². The molecule has 6 heteroatoms. The molecule has 0 aromatic rings. The molecule has 2 N–H and O–H groups in total. The first-order valence-corrected chi connectivity index (χ1v) is 6.74. The van der Waals surface area contributed by atoms with Crippen LogP contribution in [0.2, 0.25) is 0 Å². The summed E-state index contributed by atoms with van der Waals surface area (Å²) in [7, 11) is -1.01. The zero-order valence-electron chi connectivity index (χ0n) is 8.78. The zero-order chi connectivity index (χ0) is 10.6. The second-order valence-electron chi connectivity index (χ2n) is 3.79. The standard InChI is InChI=1S/C8H19N3O2S/c1-11(8-3-4-9-7-8)6-5-10-14(2,12)13/h8-10H,3-7H2,1-2H3. The Morgan fingerprint density at radius 3 is 2.79 bits per heavy atom. The molecule has 1 fully saturated rings. The summed E-state index contributed by atoms with van der Waals surface area (Å²) in [5.74, 6) is 0. The van der Waals surface area contributed by atoms with Crippen molar-refractivity contribution in [2.45, 2.75) is 12.5 Å². The smallest absolute Gasteiger partial charge is 0.208 e. The normalized spacial score (nSPS) is 23.2. The fourth-order valence-corrected chi connectivity index (χ4v) is 2.07. The van der Waals surface area contributed by atoms with Gasteiger partial charge in [-0.3, -0.25) is 0 Å². The van der Waals surface area contributed by atoms with Gasteiger partial charge in [-0.2, -0.15) is 0 Å².